The highest BCUT2D eigenvalue weighted by molar-refractivity contribution is 5.28. The maximum Gasteiger partial charge on any atom is 0.416 e. The largest absolute Gasteiger partial charge is 0.416 e. The minimum atomic E-state index is -4.61. The SMILES string of the molecule is CC(C)CNCC(F)(F)c1cccc(C(F)(F)F)c1. The first-order chi connectivity index (χ1) is 8.63. The number of nitrogens with one attached hydrogen (secondary N) is 1. The highest BCUT2D eigenvalue weighted by Gasteiger charge is 2.35. The van der Waals surface area contributed by atoms with E-state index in [9.17, 15) is 22.0 Å². The van der Waals surface area contributed by atoms with Gasteiger partial charge in [-0.05, 0) is 24.6 Å². The highest BCUT2D eigenvalue weighted by Crippen LogP contribution is 2.34. The minimum absolute atomic E-state index is 0.192. The molecule has 0 aromatic heterocycles. The second-order valence-corrected chi connectivity index (χ2v) is 4.81. The van der Waals surface area contributed by atoms with E-state index < -0.39 is 29.8 Å². The topological polar surface area (TPSA) is 12.0 Å². The van der Waals surface area contributed by atoms with Crippen LogP contribution in [-0.2, 0) is 12.1 Å². The van der Waals surface area contributed by atoms with Gasteiger partial charge in [-0.3, -0.25) is 0 Å². The van der Waals surface area contributed by atoms with Crippen LogP contribution in [0, 0.1) is 5.92 Å². The summed E-state index contributed by atoms with van der Waals surface area (Å²) in [7, 11) is 0. The number of rotatable bonds is 5. The zero-order valence-corrected chi connectivity index (χ0v) is 10.7. The van der Waals surface area contributed by atoms with Gasteiger partial charge < -0.3 is 5.32 Å². The van der Waals surface area contributed by atoms with Crippen molar-refractivity contribution < 1.29 is 22.0 Å². The van der Waals surface area contributed by atoms with E-state index in [4.69, 9.17) is 0 Å². The molecule has 1 nitrogen and oxygen atoms in total. The fourth-order valence-electron chi connectivity index (χ4n) is 1.54. The normalized spacial score (nSPS) is 13.1. The molecule has 0 aliphatic rings. The Kier molecular flexibility index (Phi) is 4.90. The lowest BCUT2D eigenvalue weighted by Crippen LogP contribution is -2.33. The standard InChI is InChI=1S/C13H16F5N/c1-9(2)7-19-8-12(14,15)10-4-3-5-11(6-10)13(16,17)18/h3-6,9,19H,7-8H2,1-2H3. The van der Waals surface area contributed by atoms with Gasteiger partial charge in [0.05, 0.1) is 12.1 Å². The van der Waals surface area contributed by atoms with Gasteiger partial charge in [-0.1, -0.05) is 26.0 Å². The second kappa shape index (κ2) is 5.86. The first-order valence-corrected chi connectivity index (χ1v) is 5.89. The third kappa shape index (κ3) is 4.78. The predicted molar refractivity (Wildman–Crippen MR) is 63.0 cm³/mol. The van der Waals surface area contributed by atoms with Crippen molar-refractivity contribution in [2.75, 3.05) is 13.1 Å². The third-order valence-electron chi connectivity index (χ3n) is 2.51. The molecule has 0 amide bonds. The zero-order chi connectivity index (χ0) is 14.7. The summed E-state index contributed by atoms with van der Waals surface area (Å²) in [5.41, 5.74) is -1.69. The van der Waals surface area contributed by atoms with Crippen molar-refractivity contribution >= 4 is 0 Å². The molecule has 0 saturated carbocycles. The highest BCUT2D eigenvalue weighted by atomic mass is 19.4. The van der Waals surface area contributed by atoms with E-state index in [2.05, 4.69) is 5.32 Å². The predicted octanol–water partition coefficient (Wildman–Crippen LogP) is 4.04. The molecule has 0 saturated heterocycles. The van der Waals surface area contributed by atoms with Gasteiger partial charge in [0, 0.05) is 5.56 Å². The van der Waals surface area contributed by atoms with Crippen LogP contribution in [0.15, 0.2) is 24.3 Å². The van der Waals surface area contributed by atoms with Gasteiger partial charge in [-0.2, -0.15) is 22.0 Å². The molecule has 0 fully saturated rings. The summed E-state index contributed by atoms with van der Waals surface area (Å²) in [6.07, 6.45) is -4.61. The van der Waals surface area contributed by atoms with Crippen LogP contribution in [0.1, 0.15) is 25.0 Å². The Hall–Kier alpha value is -1.17. The van der Waals surface area contributed by atoms with Crippen molar-refractivity contribution in [1.82, 2.24) is 5.32 Å². The maximum absolute atomic E-state index is 13.7. The fourth-order valence-corrected chi connectivity index (χ4v) is 1.54. The zero-order valence-electron chi connectivity index (χ0n) is 10.7. The van der Waals surface area contributed by atoms with E-state index in [0.29, 0.717) is 12.6 Å². The van der Waals surface area contributed by atoms with Crippen LogP contribution in [0.25, 0.3) is 0 Å². The van der Waals surface area contributed by atoms with E-state index in [0.717, 1.165) is 18.2 Å². The van der Waals surface area contributed by atoms with E-state index in [-0.39, 0.29) is 5.92 Å². The summed E-state index contributed by atoms with van der Waals surface area (Å²) in [6.45, 7) is 3.42. The number of halogens is 5. The van der Waals surface area contributed by atoms with E-state index >= 15 is 0 Å². The van der Waals surface area contributed by atoms with Crippen LogP contribution in [-0.4, -0.2) is 13.1 Å². The van der Waals surface area contributed by atoms with Crippen molar-refractivity contribution in [3.8, 4) is 0 Å². The molecular formula is C13H16F5N. The molecule has 19 heavy (non-hydrogen) atoms. The van der Waals surface area contributed by atoms with E-state index in [1.165, 1.54) is 0 Å². The fraction of sp³-hybridized carbons (Fsp3) is 0.538. The van der Waals surface area contributed by atoms with Crippen LogP contribution >= 0.6 is 0 Å². The smallest absolute Gasteiger partial charge is 0.311 e. The Morgan fingerprint density at radius 2 is 1.63 bits per heavy atom. The van der Waals surface area contributed by atoms with Crippen LogP contribution in [0.4, 0.5) is 22.0 Å². The molecule has 1 N–H and O–H groups in total. The van der Waals surface area contributed by atoms with Gasteiger partial charge in [-0.25, -0.2) is 0 Å². The summed E-state index contributed by atoms with van der Waals surface area (Å²) in [5.74, 6) is -3.13. The average molecular weight is 281 g/mol. The Balaban J connectivity index is 2.83. The summed E-state index contributed by atoms with van der Waals surface area (Å²) in [4.78, 5) is 0. The van der Waals surface area contributed by atoms with Crippen LogP contribution in [0.3, 0.4) is 0 Å². The number of hydrogen-bond acceptors (Lipinski definition) is 1. The van der Waals surface area contributed by atoms with Crippen molar-refractivity contribution in [3.05, 3.63) is 35.4 Å². The van der Waals surface area contributed by atoms with E-state index in [1.54, 1.807) is 0 Å². The Bertz CT molecular complexity index is 412. The molecule has 0 unspecified atom stereocenters. The Morgan fingerprint density at radius 1 is 1.05 bits per heavy atom. The Labute approximate surface area is 108 Å². The number of alkyl halides is 5. The molecule has 0 heterocycles. The molecule has 1 rings (SSSR count). The molecule has 0 spiro atoms. The van der Waals surface area contributed by atoms with Gasteiger partial charge >= 0.3 is 6.18 Å². The number of benzene rings is 1. The quantitative estimate of drug-likeness (QED) is 0.803. The van der Waals surface area contributed by atoms with Gasteiger partial charge in [-0.15, -0.1) is 0 Å². The third-order valence-corrected chi connectivity index (χ3v) is 2.51. The van der Waals surface area contributed by atoms with Gasteiger partial charge in [0.1, 0.15) is 0 Å². The summed E-state index contributed by atoms with van der Waals surface area (Å²) < 4.78 is 64.8. The van der Waals surface area contributed by atoms with Crippen LogP contribution in [0.2, 0.25) is 0 Å². The lowest BCUT2D eigenvalue weighted by molar-refractivity contribution is -0.137. The van der Waals surface area contributed by atoms with Gasteiger partial charge in [0.25, 0.3) is 5.92 Å². The van der Waals surface area contributed by atoms with Crippen molar-refractivity contribution in [1.29, 1.82) is 0 Å². The monoisotopic (exact) mass is 281 g/mol. The molecule has 0 aliphatic carbocycles. The van der Waals surface area contributed by atoms with Crippen LogP contribution in [0.5, 0.6) is 0 Å². The number of hydrogen-bond donors (Lipinski definition) is 1. The maximum atomic E-state index is 13.7. The molecule has 0 atom stereocenters. The van der Waals surface area contributed by atoms with Gasteiger partial charge in [0.15, 0.2) is 0 Å². The Morgan fingerprint density at radius 3 is 2.16 bits per heavy atom. The minimum Gasteiger partial charge on any atom is -0.311 e. The first-order valence-electron chi connectivity index (χ1n) is 5.89. The molecule has 1 aromatic rings. The van der Waals surface area contributed by atoms with Crippen molar-refractivity contribution in [3.63, 3.8) is 0 Å². The van der Waals surface area contributed by atoms with Gasteiger partial charge in [0.2, 0.25) is 0 Å². The summed E-state index contributed by atoms with van der Waals surface area (Å²) >= 11 is 0. The lowest BCUT2D eigenvalue weighted by atomic mass is 10.0. The summed E-state index contributed by atoms with van der Waals surface area (Å²) in [5, 5.41) is 2.55. The second-order valence-electron chi connectivity index (χ2n) is 4.81. The molecule has 0 bridgehead atoms. The molecular weight excluding hydrogens is 265 g/mol. The molecule has 108 valence electrons. The van der Waals surface area contributed by atoms with Crippen molar-refractivity contribution in [2.24, 2.45) is 5.92 Å². The summed E-state index contributed by atoms with van der Waals surface area (Å²) in [6, 6.07) is 3.28. The molecule has 6 heteroatoms. The lowest BCUT2D eigenvalue weighted by Gasteiger charge is -2.19. The molecule has 1 aromatic carbocycles. The van der Waals surface area contributed by atoms with E-state index in [1.807, 2.05) is 13.8 Å². The molecule has 0 radical (unpaired) electrons. The van der Waals surface area contributed by atoms with Crippen LogP contribution < -0.4 is 5.32 Å². The first kappa shape index (κ1) is 15.9. The molecule has 0 aliphatic heterocycles. The average Bonchev–Trinajstić information content (AvgIpc) is 2.27. The van der Waals surface area contributed by atoms with Crippen molar-refractivity contribution in [2.45, 2.75) is 25.9 Å².